The average molecular weight is 244 g/mol. The van der Waals surface area contributed by atoms with Gasteiger partial charge in [-0.25, -0.2) is 0 Å². The summed E-state index contributed by atoms with van der Waals surface area (Å²) in [5.41, 5.74) is 6.91. The summed E-state index contributed by atoms with van der Waals surface area (Å²) in [5, 5.41) is 0. The van der Waals surface area contributed by atoms with Gasteiger partial charge in [-0.1, -0.05) is 12.1 Å². The lowest BCUT2D eigenvalue weighted by molar-refractivity contribution is 0.141. The number of nitrogens with two attached hydrogens (primary N) is 1. The van der Waals surface area contributed by atoms with Crippen LogP contribution < -0.4 is 10.5 Å². The summed E-state index contributed by atoms with van der Waals surface area (Å²) < 4.78 is 11.0. The molecule has 0 aromatic heterocycles. The lowest BCUT2D eigenvalue weighted by Gasteiger charge is -2.13. The van der Waals surface area contributed by atoms with Gasteiger partial charge in [0.1, 0.15) is 11.9 Å². The minimum Gasteiger partial charge on any atom is -0.488 e. The molecule has 3 nitrogen and oxygen atoms in total. The quantitative estimate of drug-likeness (QED) is 0.886. The molecular formula is C12H18ClNO2. The van der Waals surface area contributed by atoms with Crippen molar-refractivity contribution in [1.82, 2.24) is 0 Å². The molecule has 1 heterocycles. The van der Waals surface area contributed by atoms with Crippen molar-refractivity contribution < 1.29 is 9.47 Å². The zero-order valence-electron chi connectivity index (χ0n) is 9.39. The van der Waals surface area contributed by atoms with Gasteiger partial charge in [-0.15, -0.1) is 12.4 Å². The van der Waals surface area contributed by atoms with Crippen LogP contribution in [0.4, 0.5) is 0 Å². The molecule has 0 unspecified atom stereocenters. The van der Waals surface area contributed by atoms with E-state index in [1.807, 2.05) is 31.2 Å². The van der Waals surface area contributed by atoms with E-state index in [2.05, 4.69) is 0 Å². The Balaban J connectivity index is 0.00000128. The molecule has 0 spiro atoms. The van der Waals surface area contributed by atoms with Crippen LogP contribution in [-0.4, -0.2) is 19.3 Å². The first-order valence-corrected chi connectivity index (χ1v) is 5.35. The van der Waals surface area contributed by atoms with Crippen LogP contribution in [0, 0.1) is 0 Å². The van der Waals surface area contributed by atoms with Crippen LogP contribution in [0.25, 0.3) is 0 Å². The van der Waals surface area contributed by atoms with Crippen molar-refractivity contribution in [3.8, 4) is 5.75 Å². The molecule has 4 heteroatoms. The molecule has 1 fully saturated rings. The van der Waals surface area contributed by atoms with E-state index in [1.54, 1.807) is 0 Å². The number of hydrogen-bond acceptors (Lipinski definition) is 3. The Hall–Kier alpha value is -0.770. The number of rotatable bonds is 3. The Bertz CT molecular complexity index is 325. The Labute approximate surface area is 102 Å². The molecule has 1 aliphatic rings. The van der Waals surface area contributed by atoms with Gasteiger partial charge in [0.2, 0.25) is 0 Å². The number of ether oxygens (including phenoxy) is 2. The molecule has 1 saturated heterocycles. The standard InChI is InChI=1S/C12H17NO2.ClH/c1-9(13)10-3-2-4-11(7-10)15-12-5-6-14-8-12;/h2-4,7,9,12H,5-6,8,13H2,1H3;1H/t9-,12-;/m0./s1. The van der Waals surface area contributed by atoms with E-state index < -0.39 is 0 Å². The minimum atomic E-state index is 0. The van der Waals surface area contributed by atoms with E-state index in [0.29, 0.717) is 6.61 Å². The third-order valence-electron chi connectivity index (χ3n) is 2.57. The largest absolute Gasteiger partial charge is 0.488 e. The first-order chi connectivity index (χ1) is 7.25. The number of benzene rings is 1. The van der Waals surface area contributed by atoms with Crippen LogP contribution in [0.2, 0.25) is 0 Å². The van der Waals surface area contributed by atoms with Gasteiger partial charge in [-0.3, -0.25) is 0 Å². The molecule has 1 aliphatic heterocycles. The summed E-state index contributed by atoms with van der Waals surface area (Å²) in [5.74, 6) is 0.889. The highest BCUT2D eigenvalue weighted by Gasteiger charge is 2.17. The molecule has 0 radical (unpaired) electrons. The summed E-state index contributed by atoms with van der Waals surface area (Å²) >= 11 is 0. The normalized spacial score (nSPS) is 21.2. The highest BCUT2D eigenvalue weighted by Crippen LogP contribution is 2.20. The van der Waals surface area contributed by atoms with E-state index in [1.165, 1.54) is 0 Å². The first-order valence-electron chi connectivity index (χ1n) is 5.35. The van der Waals surface area contributed by atoms with E-state index >= 15 is 0 Å². The van der Waals surface area contributed by atoms with Crippen molar-refractivity contribution in [3.63, 3.8) is 0 Å². The summed E-state index contributed by atoms with van der Waals surface area (Å²) in [4.78, 5) is 0. The molecule has 2 rings (SSSR count). The second-order valence-electron chi connectivity index (χ2n) is 3.96. The fourth-order valence-corrected chi connectivity index (χ4v) is 1.67. The minimum absolute atomic E-state index is 0. The average Bonchev–Trinajstić information content (AvgIpc) is 2.71. The smallest absolute Gasteiger partial charge is 0.124 e. The SMILES string of the molecule is C[C@H](N)c1cccc(O[C@H]2CCOC2)c1.Cl. The molecule has 2 atom stereocenters. The van der Waals surface area contributed by atoms with Crippen LogP contribution in [0.15, 0.2) is 24.3 Å². The van der Waals surface area contributed by atoms with Crippen molar-refractivity contribution in [2.24, 2.45) is 5.73 Å². The Morgan fingerprint density at radius 2 is 2.31 bits per heavy atom. The zero-order chi connectivity index (χ0) is 10.7. The number of halogens is 1. The molecular weight excluding hydrogens is 226 g/mol. The van der Waals surface area contributed by atoms with Crippen molar-refractivity contribution >= 4 is 12.4 Å². The molecule has 0 aliphatic carbocycles. The van der Waals surface area contributed by atoms with Gasteiger partial charge in [-0.2, -0.15) is 0 Å². The highest BCUT2D eigenvalue weighted by atomic mass is 35.5. The molecule has 90 valence electrons. The summed E-state index contributed by atoms with van der Waals surface area (Å²) in [6.07, 6.45) is 1.18. The lowest BCUT2D eigenvalue weighted by atomic mass is 10.1. The van der Waals surface area contributed by atoms with Gasteiger partial charge in [0.15, 0.2) is 0 Å². The van der Waals surface area contributed by atoms with E-state index in [-0.39, 0.29) is 24.6 Å². The van der Waals surface area contributed by atoms with Crippen molar-refractivity contribution in [2.45, 2.75) is 25.5 Å². The molecule has 0 bridgehead atoms. The van der Waals surface area contributed by atoms with Crippen LogP contribution in [0.1, 0.15) is 24.9 Å². The van der Waals surface area contributed by atoms with Gasteiger partial charge in [0.05, 0.1) is 13.2 Å². The summed E-state index contributed by atoms with van der Waals surface area (Å²) in [6, 6.07) is 8.01. The molecule has 16 heavy (non-hydrogen) atoms. The van der Waals surface area contributed by atoms with Crippen LogP contribution in [0.3, 0.4) is 0 Å². The topological polar surface area (TPSA) is 44.5 Å². The van der Waals surface area contributed by atoms with Gasteiger partial charge >= 0.3 is 0 Å². The second kappa shape index (κ2) is 6.09. The maximum absolute atomic E-state index is 5.81. The first kappa shape index (κ1) is 13.3. The highest BCUT2D eigenvalue weighted by molar-refractivity contribution is 5.85. The second-order valence-corrected chi connectivity index (χ2v) is 3.96. The molecule has 0 amide bonds. The third kappa shape index (κ3) is 3.37. The zero-order valence-corrected chi connectivity index (χ0v) is 10.2. The maximum atomic E-state index is 5.81. The van der Waals surface area contributed by atoms with E-state index in [4.69, 9.17) is 15.2 Å². The fraction of sp³-hybridized carbons (Fsp3) is 0.500. The predicted molar refractivity (Wildman–Crippen MR) is 66.1 cm³/mol. The van der Waals surface area contributed by atoms with Crippen LogP contribution >= 0.6 is 12.4 Å². The van der Waals surface area contributed by atoms with Crippen molar-refractivity contribution in [3.05, 3.63) is 29.8 Å². The van der Waals surface area contributed by atoms with Crippen molar-refractivity contribution in [2.75, 3.05) is 13.2 Å². The predicted octanol–water partition coefficient (Wildman–Crippen LogP) is 2.30. The van der Waals surface area contributed by atoms with E-state index in [0.717, 1.165) is 24.3 Å². The van der Waals surface area contributed by atoms with Gasteiger partial charge < -0.3 is 15.2 Å². The maximum Gasteiger partial charge on any atom is 0.124 e. The number of hydrogen-bond donors (Lipinski definition) is 1. The lowest BCUT2D eigenvalue weighted by Crippen LogP contribution is -2.16. The van der Waals surface area contributed by atoms with Gasteiger partial charge in [0, 0.05) is 12.5 Å². The monoisotopic (exact) mass is 243 g/mol. The molecule has 2 N–H and O–H groups in total. The Kier molecular flexibility index (Phi) is 5.06. The molecule has 1 aromatic rings. The van der Waals surface area contributed by atoms with Crippen LogP contribution in [0.5, 0.6) is 5.75 Å². The van der Waals surface area contributed by atoms with E-state index in [9.17, 15) is 0 Å². The van der Waals surface area contributed by atoms with Gasteiger partial charge in [-0.05, 0) is 24.6 Å². The van der Waals surface area contributed by atoms with Gasteiger partial charge in [0.25, 0.3) is 0 Å². The van der Waals surface area contributed by atoms with Crippen molar-refractivity contribution in [1.29, 1.82) is 0 Å². The molecule has 0 saturated carbocycles. The van der Waals surface area contributed by atoms with Crippen LogP contribution in [-0.2, 0) is 4.74 Å². The third-order valence-corrected chi connectivity index (χ3v) is 2.57. The Morgan fingerprint density at radius 1 is 1.50 bits per heavy atom. The summed E-state index contributed by atoms with van der Waals surface area (Å²) in [6.45, 7) is 3.47. The summed E-state index contributed by atoms with van der Waals surface area (Å²) in [7, 11) is 0. The fourth-order valence-electron chi connectivity index (χ4n) is 1.67. The molecule has 1 aromatic carbocycles. The Morgan fingerprint density at radius 3 is 2.94 bits per heavy atom.